The van der Waals surface area contributed by atoms with E-state index in [0.717, 1.165) is 9.87 Å². The van der Waals surface area contributed by atoms with Gasteiger partial charge in [-0.25, -0.2) is 8.42 Å². The Balaban J connectivity index is 2.07. The largest absolute Gasteiger partial charge is 0.493 e. The molecule has 0 fully saturated rings. The van der Waals surface area contributed by atoms with Gasteiger partial charge in [-0.15, -0.1) is 0 Å². The minimum atomic E-state index is -4.24. The number of sulfonamides is 1. The van der Waals surface area contributed by atoms with E-state index < -0.39 is 34.1 Å². The highest BCUT2D eigenvalue weighted by molar-refractivity contribution is 7.92. The molecule has 0 saturated heterocycles. The third-order valence-electron chi connectivity index (χ3n) is 6.35. The summed E-state index contributed by atoms with van der Waals surface area (Å²) in [7, 11) is -1.37. The number of benzene rings is 3. The minimum Gasteiger partial charge on any atom is -0.493 e. The lowest BCUT2D eigenvalue weighted by atomic mass is 10.1. The monoisotopic (exact) mass is 581 g/mol. The lowest BCUT2D eigenvalue weighted by Gasteiger charge is -2.34. The molecule has 1 N–H and O–H groups in total. The number of methoxy groups -OCH3 is 2. The first-order valence-corrected chi connectivity index (χ1v) is 14.8. The van der Waals surface area contributed by atoms with Gasteiger partial charge in [0.15, 0.2) is 11.5 Å². The summed E-state index contributed by atoms with van der Waals surface area (Å²) in [5.74, 6) is -0.210. The molecule has 0 aromatic heterocycles. The standard InChI is InChI=1S/C31H39N3O6S/c1-7-26(30(36)32-31(2,3)4)33(21-23-14-10-8-11-15-23)29(35)22-34(24-16-12-9-13-17-24)41(37,38)25-18-19-27(39-5)28(20-25)40-6/h8-20,26H,7,21-22H2,1-6H3,(H,32,36). The quantitative estimate of drug-likeness (QED) is 0.335. The van der Waals surface area contributed by atoms with Gasteiger partial charge in [-0.1, -0.05) is 55.5 Å². The molecule has 0 aliphatic rings. The molecular weight excluding hydrogens is 542 g/mol. The van der Waals surface area contributed by atoms with Crippen LogP contribution in [0.1, 0.15) is 39.7 Å². The van der Waals surface area contributed by atoms with E-state index in [0.29, 0.717) is 17.9 Å². The van der Waals surface area contributed by atoms with Crippen LogP contribution in [0.2, 0.25) is 0 Å². The van der Waals surface area contributed by atoms with Gasteiger partial charge in [-0.2, -0.15) is 0 Å². The molecule has 0 saturated carbocycles. The molecule has 3 aromatic rings. The van der Waals surface area contributed by atoms with Crippen LogP contribution in [-0.4, -0.2) is 57.5 Å². The fourth-order valence-corrected chi connectivity index (χ4v) is 5.81. The summed E-state index contributed by atoms with van der Waals surface area (Å²) in [5, 5.41) is 2.97. The Bertz CT molecular complexity index is 1420. The molecular formula is C31H39N3O6S. The smallest absolute Gasteiger partial charge is 0.264 e. The van der Waals surface area contributed by atoms with Crippen LogP contribution in [0.15, 0.2) is 83.8 Å². The molecule has 1 unspecified atom stereocenters. The minimum absolute atomic E-state index is 0.0704. The Morgan fingerprint density at radius 1 is 0.878 bits per heavy atom. The maximum absolute atomic E-state index is 14.1. The van der Waals surface area contributed by atoms with Gasteiger partial charge in [-0.05, 0) is 57.0 Å². The topological polar surface area (TPSA) is 105 Å². The molecule has 0 heterocycles. The number of para-hydroxylation sites is 1. The Labute approximate surface area is 243 Å². The zero-order chi connectivity index (χ0) is 30.2. The zero-order valence-corrected chi connectivity index (χ0v) is 25.3. The summed E-state index contributed by atoms with van der Waals surface area (Å²) in [6.45, 7) is 7.05. The molecule has 2 amide bonds. The van der Waals surface area contributed by atoms with Crippen LogP contribution in [0.4, 0.5) is 5.69 Å². The number of carbonyl (C=O) groups excluding carboxylic acids is 2. The predicted molar refractivity (Wildman–Crippen MR) is 159 cm³/mol. The number of hydrogen-bond donors (Lipinski definition) is 1. The van der Waals surface area contributed by atoms with Gasteiger partial charge in [0, 0.05) is 18.2 Å². The highest BCUT2D eigenvalue weighted by Gasteiger charge is 2.34. The molecule has 0 aliphatic carbocycles. The number of nitrogens with one attached hydrogen (secondary N) is 1. The maximum Gasteiger partial charge on any atom is 0.264 e. The van der Waals surface area contributed by atoms with Crippen molar-refractivity contribution in [1.82, 2.24) is 10.2 Å². The fraction of sp³-hybridized carbons (Fsp3) is 0.355. The van der Waals surface area contributed by atoms with Crippen molar-refractivity contribution in [3.05, 3.63) is 84.4 Å². The van der Waals surface area contributed by atoms with E-state index in [4.69, 9.17) is 9.47 Å². The van der Waals surface area contributed by atoms with E-state index in [9.17, 15) is 18.0 Å². The van der Waals surface area contributed by atoms with Crippen LogP contribution in [0.5, 0.6) is 11.5 Å². The van der Waals surface area contributed by atoms with Crippen molar-refractivity contribution in [1.29, 1.82) is 0 Å². The van der Waals surface area contributed by atoms with Crippen molar-refractivity contribution >= 4 is 27.5 Å². The SMILES string of the molecule is CCC(C(=O)NC(C)(C)C)N(Cc1ccccc1)C(=O)CN(c1ccccc1)S(=O)(=O)c1ccc(OC)c(OC)c1. The van der Waals surface area contributed by atoms with Crippen molar-refractivity contribution in [2.75, 3.05) is 25.1 Å². The third-order valence-corrected chi connectivity index (χ3v) is 8.12. The second kappa shape index (κ2) is 13.5. The third kappa shape index (κ3) is 8.00. The molecule has 10 heteroatoms. The first-order valence-electron chi connectivity index (χ1n) is 13.4. The Morgan fingerprint density at radius 3 is 2.00 bits per heavy atom. The van der Waals surface area contributed by atoms with E-state index in [1.807, 2.05) is 58.0 Å². The van der Waals surface area contributed by atoms with Crippen molar-refractivity contribution in [2.24, 2.45) is 0 Å². The van der Waals surface area contributed by atoms with Crippen LogP contribution >= 0.6 is 0 Å². The van der Waals surface area contributed by atoms with Gasteiger partial charge < -0.3 is 19.7 Å². The van der Waals surface area contributed by atoms with Crippen molar-refractivity contribution in [2.45, 2.75) is 57.1 Å². The number of nitrogens with zero attached hydrogens (tertiary/aromatic N) is 2. The van der Waals surface area contributed by atoms with Crippen LogP contribution in [0.3, 0.4) is 0 Å². The Morgan fingerprint density at radius 2 is 1.46 bits per heavy atom. The lowest BCUT2D eigenvalue weighted by molar-refractivity contribution is -0.141. The number of carbonyl (C=O) groups is 2. The molecule has 9 nitrogen and oxygen atoms in total. The maximum atomic E-state index is 14.1. The molecule has 0 spiro atoms. The van der Waals surface area contributed by atoms with Crippen molar-refractivity contribution in [3.8, 4) is 11.5 Å². The van der Waals surface area contributed by atoms with Gasteiger partial charge >= 0.3 is 0 Å². The average molecular weight is 582 g/mol. The number of amides is 2. The van der Waals surface area contributed by atoms with Crippen molar-refractivity contribution < 1.29 is 27.5 Å². The molecule has 220 valence electrons. The Hall–Kier alpha value is -4.05. The number of hydrogen-bond acceptors (Lipinski definition) is 6. The summed E-state index contributed by atoms with van der Waals surface area (Å²) in [6.07, 6.45) is 0.342. The zero-order valence-electron chi connectivity index (χ0n) is 24.5. The first kappa shape index (κ1) is 31.5. The summed E-state index contributed by atoms with van der Waals surface area (Å²) in [6, 6.07) is 21.2. The molecule has 41 heavy (non-hydrogen) atoms. The highest BCUT2D eigenvalue weighted by atomic mass is 32.2. The molecule has 0 bridgehead atoms. The van der Waals surface area contributed by atoms with Crippen LogP contribution in [0.25, 0.3) is 0 Å². The van der Waals surface area contributed by atoms with E-state index >= 15 is 0 Å². The summed E-state index contributed by atoms with van der Waals surface area (Å²) >= 11 is 0. The van der Waals surface area contributed by atoms with Crippen molar-refractivity contribution in [3.63, 3.8) is 0 Å². The summed E-state index contributed by atoms with van der Waals surface area (Å²) < 4.78 is 39.8. The Kier molecular flexibility index (Phi) is 10.4. The van der Waals surface area contributed by atoms with Gasteiger partial charge in [0.25, 0.3) is 10.0 Å². The molecule has 0 radical (unpaired) electrons. The van der Waals surface area contributed by atoms with Crippen LogP contribution < -0.4 is 19.1 Å². The molecule has 3 aromatic carbocycles. The van der Waals surface area contributed by atoms with Gasteiger partial charge in [0.1, 0.15) is 12.6 Å². The number of rotatable bonds is 12. The predicted octanol–water partition coefficient (Wildman–Crippen LogP) is 4.62. The fourth-order valence-electron chi connectivity index (χ4n) is 4.38. The van der Waals surface area contributed by atoms with E-state index in [-0.39, 0.29) is 23.1 Å². The van der Waals surface area contributed by atoms with Gasteiger partial charge in [0.2, 0.25) is 11.8 Å². The number of anilines is 1. The summed E-state index contributed by atoms with van der Waals surface area (Å²) in [5.41, 5.74) is 0.609. The van der Waals surface area contributed by atoms with E-state index in [1.54, 1.807) is 30.3 Å². The second-order valence-electron chi connectivity index (χ2n) is 10.5. The number of ether oxygens (including phenoxy) is 2. The van der Waals surface area contributed by atoms with Crippen LogP contribution in [-0.2, 0) is 26.2 Å². The first-order chi connectivity index (χ1) is 19.4. The van der Waals surface area contributed by atoms with Gasteiger partial charge in [0.05, 0.1) is 24.8 Å². The van der Waals surface area contributed by atoms with E-state index in [2.05, 4.69) is 5.32 Å². The van der Waals surface area contributed by atoms with E-state index in [1.165, 1.54) is 37.3 Å². The average Bonchev–Trinajstić information content (AvgIpc) is 2.95. The normalized spacial score (nSPS) is 12.2. The molecule has 1 atom stereocenters. The molecule has 3 rings (SSSR count). The second-order valence-corrected chi connectivity index (χ2v) is 12.4. The lowest BCUT2D eigenvalue weighted by Crippen LogP contribution is -2.55. The summed E-state index contributed by atoms with van der Waals surface area (Å²) in [4.78, 5) is 28.9. The van der Waals surface area contributed by atoms with Gasteiger partial charge in [-0.3, -0.25) is 13.9 Å². The van der Waals surface area contributed by atoms with Crippen LogP contribution in [0, 0.1) is 0 Å². The molecule has 0 aliphatic heterocycles. The highest BCUT2D eigenvalue weighted by Crippen LogP contribution is 2.32.